The molecule has 0 amide bonds. The van der Waals surface area contributed by atoms with Crippen molar-refractivity contribution in [1.29, 1.82) is 0 Å². The number of allylic oxidation sites excluding steroid dienone is 2. The smallest absolute Gasteiger partial charge is 0.280 e. The molecule has 3 heterocycles. The Labute approximate surface area is 208 Å². The van der Waals surface area contributed by atoms with E-state index in [9.17, 15) is 4.79 Å². The molecule has 0 spiro atoms. The number of imidazole rings is 1. The molecule has 0 saturated carbocycles. The van der Waals surface area contributed by atoms with Gasteiger partial charge in [-0.05, 0) is 23.3 Å². The molecule has 1 aliphatic rings. The minimum absolute atomic E-state index is 0.192. The zero-order valence-corrected chi connectivity index (χ0v) is 19.6. The summed E-state index contributed by atoms with van der Waals surface area (Å²) in [5.74, 6) is 1.24. The maximum Gasteiger partial charge on any atom is 0.280 e. The molecule has 0 saturated heterocycles. The lowest BCUT2D eigenvalue weighted by molar-refractivity contribution is 0.0958. The van der Waals surface area contributed by atoms with Crippen molar-refractivity contribution in [3.05, 3.63) is 114 Å². The number of fused-ring (bicyclic) bond motifs is 1. The largest absolute Gasteiger partial charge is 0.497 e. The van der Waals surface area contributed by atoms with E-state index in [0.29, 0.717) is 17.8 Å². The average molecular weight is 474 g/mol. The van der Waals surface area contributed by atoms with Crippen molar-refractivity contribution in [3.63, 3.8) is 0 Å². The fraction of sp³-hybridized carbons (Fsp3) is 0.0690. The van der Waals surface area contributed by atoms with Crippen molar-refractivity contribution in [2.75, 3.05) is 12.4 Å². The second-order valence-corrected chi connectivity index (χ2v) is 8.47. The predicted molar refractivity (Wildman–Crippen MR) is 140 cm³/mol. The van der Waals surface area contributed by atoms with Crippen LogP contribution >= 0.6 is 0 Å². The summed E-state index contributed by atoms with van der Waals surface area (Å²) in [6.07, 6.45) is 3.78. The van der Waals surface area contributed by atoms with E-state index in [-0.39, 0.29) is 5.91 Å². The Hall–Kier alpha value is -4.91. The Morgan fingerprint density at radius 1 is 0.889 bits per heavy atom. The highest BCUT2D eigenvalue weighted by Crippen LogP contribution is 2.40. The molecule has 6 rings (SSSR count). The number of hydrogen-bond donors (Lipinski definition) is 2. The number of methoxy groups -OCH3 is 1. The molecule has 1 aliphatic heterocycles. The lowest BCUT2D eigenvalue weighted by Gasteiger charge is -2.22. The molecule has 0 atom stereocenters. The molecular weight excluding hydrogens is 450 g/mol. The standard InChI is InChI=1S/C29H23N5O2/c1-36-22-14-12-20(13-15-22)26-23(32-25-17-30-18-31-25)16-24-27(19-8-4-2-5-9-19)28(33-34(24)29(26)35)21-10-6-3-7-11-21/h2-15,17-18,32H,16H2,1H3,(H,30,31). The highest BCUT2D eigenvalue weighted by Gasteiger charge is 2.33. The quantitative estimate of drug-likeness (QED) is 0.332. The van der Waals surface area contributed by atoms with Crippen LogP contribution in [0.4, 0.5) is 5.82 Å². The van der Waals surface area contributed by atoms with Crippen LogP contribution in [0.2, 0.25) is 0 Å². The number of carbonyl (C=O) groups is 1. The third kappa shape index (κ3) is 3.76. The summed E-state index contributed by atoms with van der Waals surface area (Å²) in [7, 11) is 1.62. The molecule has 7 heteroatoms. The lowest BCUT2D eigenvalue weighted by atomic mass is 9.92. The first kappa shape index (κ1) is 21.6. The maximum atomic E-state index is 14.1. The monoisotopic (exact) mass is 473 g/mol. The number of aromatic amines is 1. The first-order valence-corrected chi connectivity index (χ1v) is 11.6. The van der Waals surface area contributed by atoms with Crippen LogP contribution in [0.1, 0.15) is 16.1 Å². The first-order valence-electron chi connectivity index (χ1n) is 11.6. The second kappa shape index (κ2) is 9.03. The number of rotatable bonds is 6. The molecule has 2 N–H and O–H groups in total. The molecular formula is C29H23N5O2. The van der Waals surface area contributed by atoms with Gasteiger partial charge in [-0.1, -0.05) is 72.8 Å². The molecule has 7 nitrogen and oxygen atoms in total. The van der Waals surface area contributed by atoms with E-state index in [1.54, 1.807) is 24.3 Å². The number of H-pyrrole nitrogens is 1. The van der Waals surface area contributed by atoms with Gasteiger partial charge in [0.15, 0.2) is 0 Å². The molecule has 36 heavy (non-hydrogen) atoms. The first-order chi connectivity index (χ1) is 17.7. The summed E-state index contributed by atoms with van der Waals surface area (Å²) >= 11 is 0. The van der Waals surface area contributed by atoms with Crippen molar-refractivity contribution in [2.45, 2.75) is 6.42 Å². The number of aromatic nitrogens is 4. The Bertz CT molecular complexity index is 1550. The fourth-order valence-corrected chi connectivity index (χ4v) is 4.63. The number of ether oxygens (including phenoxy) is 1. The Morgan fingerprint density at radius 2 is 1.58 bits per heavy atom. The summed E-state index contributed by atoms with van der Waals surface area (Å²) in [4.78, 5) is 21.3. The maximum absolute atomic E-state index is 14.1. The van der Waals surface area contributed by atoms with E-state index in [1.807, 2.05) is 72.8 Å². The predicted octanol–water partition coefficient (Wildman–Crippen LogP) is 5.67. The van der Waals surface area contributed by atoms with E-state index in [4.69, 9.17) is 9.84 Å². The third-order valence-electron chi connectivity index (χ3n) is 6.31. The van der Waals surface area contributed by atoms with Gasteiger partial charge in [-0.15, -0.1) is 0 Å². The number of nitrogens with zero attached hydrogens (tertiary/aromatic N) is 3. The number of hydrogen-bond acceptors (Lipinski definition) is 5. The van der Waals surface area contributed by atoms with Crippen molar-refractivity contribution < 1.29 is 9.53 Å². The van der Waals surface area contributed by atoms with Gasteiger partial charge in [0.2, 0.25) is 0 Å². The Morgan fingerprint density at radius 3 is 2.22 bits per heavy atom. The molecule has 2 aromatic heterocycles. The van der Waals surface area contributed by atoms with Gasteiger partial charge in [0, 0.05) is 23.2 Å². The summed E-state index contributed by atoms with van der Waals surface area (Å²) in [5, 5.41) is 8.29. The molecule has 5 aromatic rings. The van der Waals surface area contributed by atoms with Crippen LogP contribution in [-0.2, 0) is 6.42 Å². The molecule has 3 aromatic carbocycles. The molecule has 176 valence electrons. The fourth-order valence-electron chi connectivity index (χ4n) is 4.63. The second-order valence-electron chi connectivity index (χ2n) is 8.47. The van der Waals surface area contributed by atoms with Crippen LogP contribution in [0.15, 0.2) is 103 Å². The van der Waals surface area contributed by atoms with Gasteiger partial charge in [0.25, 0.3) is 5.91 Å². The van der Waals surface area contributed by atoms with Crippen LogP contribution < -0.4 is 10.1 Å². The van der Waals surface area contributed by atoms with E-state index in [0.717, 1.165) is 45.1 Å². The van der Waals surface area contributed by atoms with Gasteiger partial charge in [-0.25, -0.2) is 4.98 Å². The highest BCUT2D eigenvalue weighted by molar-refractivity contribution is 6.23. The van der Waals surface area contributed by atoms with Crippen LogP contribution in [-0.4, -0.2) is 32.8 Å². The molecule has 0 aliphatic carbocycles. The molecule has 0 unspecified atom stereocenters. The molecule has 0 fully saturated rings. The van der Waals surface area contributed by atoms with Gasteiger partial charge in [0.05, 0.1) is 30.9 Å². The van der Waals surface area contributed by atoms with Gasteiger partial charge in [-0.2, -0.15) is 9.78 Å². The number of nitrogens with one attached hydrogen (secondary N) is 2. The van der Waals surface area contributed by atoms with Crippen molar-refractivity contribution in [1.82, 2.24) is 19.7 Å². The van der Waals surface area contributed by atoms with Crippen LogP contribution in [0.3, 0.4) is 0 Å². The highest BCUT2D eigenvalue weighted by atomic mass is 16.5. The third-order valence-corrected chi connectivity index (χ3v) is 6.31. The normalized spacial score (nSPS) is 13.0. The molecule has 0 bridgehead atoms. The summed E-state index contributed by atoms with van der Waals surface area (Å²) < 4.78 is 6.88. The number of benzene rings is 3. The van der Waals surface area contributed by atoms with Gasteiger partial charge in [0.1, 0.15) is 17.3 Å². The van der Waals surface area contributed by atoms with Crippen molar-refractivity contribution >= 4 is 17.3 Å². The van der Waals surface area contributed by atoms with Crippen molar-refractivity contribution in [3.8, 4) is 28.1 Å². The lowest BCUT2D eigenvalue weighted by Crippen LogP contribution is -2.26. The summed E-state index contributed by atoms with van der Waals surface area (Å²) in [5.41, 5.74) is 6.66. The minimum atomic E-state index is -0.192. The average Bonchev–Trinajstić information content (AvgIpc) is 3.58. The van der Waals surface area contributed by atoms with Crippen LogP contribution in [0.25, 0.3) is 28.0 Å². The zero-order valence-electron chi connectivity index (χ0n) is 19.6. The van der Waals surface area contributed by atoms with E-state index >= 15 is 0 Å². The van der Waals surface area contributed by atoms with E-state index in [1.165, 1.54) is 0 Å². The van der Waals surface area contributed by atoms with Gasteiger partial charge >= 0.3 is 0 Å². The summed E-state index contributed by atoms with van der Waals surface area (Å²) in [6, 6.07) is 27.6. The number of carbonyl (C=O) groups excluding carboxylic acids is 1. The SMILES string of the molecule is COc1ccc(C2=C(Nc3cnc[nH]3)Cc3c(-c4ccccc4)c(-c4ccccc4)nn3C2=O)cc1. The topological polar surface area (TPSA) is 84.8 Å². The van der Waals surface area contributed by atoms with Crippen molar-refractivity contribution in [2.24, 2.45) is 0 Å². The summed E-state index contributed by atoms with van der Waals surface area (Å²) in [6.45, 7) is 0. The Kier molecular flexibility index (Phi) is 5.42. The van der Waals surface area contributed by atoms with Crippen LogP contribution in [0, 0.1) is 0 Å². The zero-order chi connectivity index (χ0) is 24.5. The van der Waals surface area contributed by atoms with Gasteiger partial charge < -0.3 is 15.0 Å². The van der Waals surface area contributed by atoms with E-state index in [2.05, 4.69) is 27.4 Å². The Balaban J connectivity index is 1.56. The van der Waals surface area contributed by atoms with E-state index < -0.39 is 0 Å². The van der Waals surface area contributed by atoms with Crippen LogP contribution in [0.5, 0.6) is 5.75 Å². The minimum Gasteiger partial charge on any atom is -0.497 e. The number of anilines is 1. The molecule has 0 radical (unpaired) electrons. The van der Waals surface area contributed by atoms with Gasteiger partial charge in [-0.3, -0.25) is 4.79 Å².